The molecule has 0 aliphatic rings. The highest BCUT2D eigenvalue weighted by molar-refractivity contribution is 7.11. The minimum Gasteiger partial charge on any atom is -0.305 e. The molecule has 0 amide bonds. The van der Waals surface area contributed by atoms with Crippen molar-refractivity contribution in [3.05, 3.63) is 46.2 Å². The van der Waals surface area contributed by atoms with Crippen molar-refractivity contribution in [1.29, 1.82) is 0 Å². The SMILES string of the molecule is Cc1ccc(CNCc2ncccn2)s1. The number of thiophene rings is 1. The third-order valence-electron chi connectivity index (χ3n) is 2.00. The topological polar surface area (TPSA) is 37.8 Å². The summed E-state index contributed by atoms with van der Waals surface area (Å²) in [6, 6.07) is 6.12. The van der Waals surface area contributed by atoms with Crippen LogP contribution in [0.15, 0.2) is 30.6 Å². The lowest BCUT2D eigenvalue weighted by Crippen LogP contribution is -2.13. The van der Waals surface area contributed by atoms with Crippen LogP contribution in [0.1, 0.15) is 15.6 Å². The van der Waals surface area contributed by atoms with E-state index in [9.17, 15) is 0 Å². The maximum atomic E-state index is 4.14. The molecule has 3 nitrogen and oxygen atoms in total. The predicted molar refractivity (Wildman–Crippen MR) is 61.6 cm³/mol. The first-order valence-corrected chi connectivity index (χ1v) is 5.68. The van der Waals surface area contributed by atoms with E-state index in [1.165, 1.54) is 9.75 Å². The zero-order valence-corrected chi connectivity index (χ0v) is 9.42. The third kappa shape index (κ3) is 3.11. The van der Waals surface area contributed by atoms with Crippen molar-refractivity contribution in [2.45, 2.75) is 20.0 Å². The molecule has 0 aliphatic carbocycles. The number of aryl methyl sites for hydroxylation is 1. The van der Waals surface area contributed by atoms with Crippen molar-refractivity contribution in [2.75, 3.05) is 0 Å². The monoisotopic (exact) mass is 219 g/mol. The summed E-state index contributed by atoms with van der Waals surface area (Å²) in [6.07, 6.45) is 3.53. The van der Waals surface area contributed by atoms with Crippen LogP contribution in [-0.2, 0) is 13.1 Å². The molecule has 0 spiro atoms. The molecule has 2 aromatic heterocycles. The van der Waals surface area contributed by atoms with Crippen LogP contribution in [0, 0.1) is 6.92 Å². The molecule has 4 heteroatoms. The molecular formula is C11H13N3S. The number of hydrogen-bond donors (Lipinski definition) is 1. The maximum absolute atomic E-state index is 4.14. The Bertz CT molecular complexity index is 411. The Kier molecular flexibility index (Phi) is 3.42. The van der Waals surface area contributed by atoms with Gasteiger partial charge in [-0.3, -0.25) is 0 Å². The zero-order valence-electron chi connectivity index (χ0n) is 8.60. The summed E-state index contributed by atoms with van der Waals surface area (Å²) in [5, 5.41) is 3.32. The van der Waals surface area contributed by atoms with E-state index in [-0.39, 0.29) is 0 Å². The first-order chi connectivity index (χ1) is 7.34. The lowest BCUT2D eigenvalue weighted by atomic mass is 10.4. The van der Waals surface area contributed by atoms with Crippen LogP contribution in [0.25, 0.3) is 0 Å². The summed E-state index contributed by atoms with van der Waals surface area (Å²) >= 11 is 1.82. The number of hydrogen-bond acceptors (Lipinski definition) is 4. The van der Waals surface area contributed by atoms with Gasteiger partial charge in [0.05, 0.1) is 6.54 Å². The van der Waals surface area contributed by atoms with E-state index in [0.717, 1.165) is 18.9 Å². The summed E-state index contributed by atoms with van der Waals surface area (Å²) < 4.78 is 0. The van der Waals surface area contributed by atoms with Crippen molar-refractivity contribution in [3.8, 4) is 0 Å². The van der Waals surface area contributed by atoms with Crippen molar-refractivity contribution >= 4 is 11.3 Å². The summed E-state index contributed by atoms with van der Waals surface area (Å²) in [5.41, 5.74) is 0. The lowest BCUT2D eigenvalue weighted by Gasteiger charge is -2.00. The Morgan fingerprint density at radius 3 is 2.67 bits per heavy atom. The smallest absolute Gasteiger partial charge is 0.141 e. The van der Waals surface area contributed by atoms with E-state index >= 15 is 0 Å². The first kappa shape index (κ1) is 10.3. The summed E-state index contributed by atoms with van der Waals surface area (Å²) in [5.74, 6) is 0.839. The van der Waals surface area contributed by atoms with Crippen LogP contribution < -0.4 is 5.32 Å². The van der Waals surface area contributed by atoms with Crippen LogP contribution in [0.3, 0.4) is 0 Å². The van der Waals surface area contributed by atoms with Gasteiger partial charge in [-0.25, -0.2) is 9.97 Å². The Morgan fingerprint density at radius 2 is 2.00 bits per heavy atom. The molecule has 1 N–H and O–H groups in total. The number of nitrogens with one attached hydrogen (secondary N) is 1. The fraction of sp³-hybridized carbons (Fsp3) is 0.273. The molecule has 0 atom stereocenters. The molecular weight excluding hydrogens is 206 g/mol. The van der Waals surface area contributed by atoms with Gasteiger partial charge >= 0.3 is 0 Å². The van der Waals surface area contributed by atoms with Gasteiger partial charge in [-0.1, -0.05) is 0 Å². The quantitative estimate of drug-likeness (QED) is 0.856. The molecule has 0 fully saturated rings. The molecule has 2 rings (SSSR count). The molecule has 0 unspecified atom stereocenters. The summed E-state index contributed by atoms with van der Waals surface area (Å²) in [7, 11) is 0. The summed E-state index contributed by atoms with van der Waals surface area (Å²) in [4.78, 5) is 11.0. The molecule has 2 aromatic rings. The van der Waals surface area contributed by atoms with Gasteiger partial charge in [0, 0.05) is 28.7 Å². The van der Waals surface area contributed by atoms with E-state index in [2.05, 4.69) is 34.3 Å². The Morgan fingerprint density at radius 1 is 1.20 bits per heavy atom. The average Bonchev–Trinajstić information content (AvgIpc) is 2.66. The third-order valence-corrected chi connectivity index (χ3v) is 3.00. The normalized spacial score (nSPS) is 10.5. The fourth-order valence-electron chi connectivity index (χ4n) is 1.30. The predicted octanol–water partition coefficient (Wildman–Crippen LogP) is 2.14. The van der Waals surface area contributed by atoms with Crippen LogP contribution in [0.2, 0.25) is 0 Å². The van der Waals surface area contributed by atoms with Crippen molar-refractivity contribution in [1.82, 2.24) is 15.3 Å². The zero-order chi connectivity index (χ0) is 10.5. The second-order valence-electron chi connectivity index (χ2n) is 3.28. The standard InChI is InChI=1S/C11H13N3S/c1-9-3-4-10(15-9)7-12-8-11-13-5-2-6-14-11/h2-6,12H,7-8H2,1H3. The van der Waals surface area contributed by atoms with Crippen LogP contribution in [0.4, 0.5) is 0 Å². The summed E-state index contributed by atoms with van der Waals surface area (Å²) in [6.45, 7) is 3.73. The van der Waals surface area contributed by atoms with Gasteiger partial charge in [0.1, 0.15) is 5.82 Å². The van der Waals surface area contributed by atoms with Crippen molar-refractivity contribution in [2.24, 2.45) is 0 Å². The maximum Gasteiger partial charge on any atom is 0.141 e. The van der Waals surface area contributed by atoms with E-state index in [0.29, 0.717) is 0 Å². The molecule has 0 radical (unpaired) electrons. The second-order valence-corrected chi connectivity index (χ2v) is 4.65. The minimum absolute atomic E-state index is 0.720. The highest BCUT2D eigenvalue weighted by atomic mass is 32.1. The second kappa shape index (κ2) is 5.00. The van der Waals surface area contributed by atoms with Gasteiger partial charge < -0.3 is 5.32 Å². The van der Waals surface area contributed by atoms with Gasteiger partial charge in [-0.2, -0.15) is 0 Å². The van der Waals surface area contributed by atoms with Crippen LogP contribution >= 0.6 is 11.3 Å². The van der Waals surface area contributed by atoms with Gasteiger partial charge in [0.25, 0.3) is 0 Å². The first-order valence-electron chi connectivity index (χ1n) is 4.86. The van der Waals surface area contributed by atoms with Gasteiger partial charge in [-0.05, 0) is 25.1 Å². The molecule has 0 aliphatic heterocycles. The van der Waals surface area contributed by atoms with Crippen LogP contribution in [-0.4, -0.2) is 9.97 Å². The molecule has 2 heterocycles. The lowest BCUT2D eigenvalue weighted by molar-refractivity contribution is 0.668. The van der Waals surface area contributed by atoms with Crippen LogP contribution in [0.5, 0.6) is 0 Å². The molecule has 0 saturated carbocycles. The number of aromatic nitrogens is 2. The Balaban J connectivity index is 1.80. The average molecular weight is 219 g/mol. The molecule has 0 bridgehead atoms. The fourth-order valence-corrected chi connectivity index (χ4v) is 2.16. The largest absolute Gasteiger partial charge is 0.305 e. The highest BCUT2D eigenvalue weighted by Gasteiger charge is 1.97. The van der Waals surface area contributed by atoms with Gasteiger partial charge in [-0.15, -0.1) is 11.3 Å². The van der Waals surface area contributed by atoms with E-state index < -0.39 is 0 Å². The van der Waals surface area contributed by atoms with E-state index in [1.54, 1.807) is 12.4 Å². The molecule has 0 aromatic carbocycles. The Labute approximate surface area is 93.2 Å². The molecule has 78 valence electrons. The number of nitrogens with zero attached hydrogens (tertiary/aromatic N) is 2. The Hall–Kier alpha value is -1.26. The minimum atomic E-state index is 0.720. The van der Waals surface area contributed by atoms with Crippen molar-refractivity contribution < 1.29 is 0 Å². The van der Waals surface area contributed by atoms with Crippen molar-refractivity contribution in [3.63, 3.8) is 0 Å². The molecule has 15 heavy (non-hydrogen) atoms. The van der Waals surface area contributed by atoms with E-state index in [1.807, 2.05) is 17.4 Å². The van der Waals surface area contributed by atoms with Gasteiger partial charge in [0.2, 0.25) is 0 Å². The molecule has 0 saturated heterocycles. The van der Waals surface area contributed by atoms with Gasteiger partial charge in [0.15, 0.2) is 0 Å². The number of rotatable bonds is 4. The van der Waals surface area contributed by atoms with E-state index in [4.69, 9.17) is 0 Å². The highest BCUT2D eigenvalue weighted by Crippen LogP contribution is 2.14.